The number of ether oxygens (including phenoxy) is 1. The molecule has 5 aromatic carbocycles. The first-order valence-corrected chi connectivity index (χ1v) is 16.6. The Morgan fingerprint density at radius 1 is 0.535 bits per heavy atom. The predicted octanol–water partition coefficient (Wildman–Crippen LogP) is 5.99. The maximum absolute atomic E-state index is 6.53. The first-order valence-electron chi connectivity index (χ1n) is 14.6. The minimum atomic E-state index is -2.54. The van der Waals surface area contributed by atoms with Crippen molar-refractivity contribution in [1.82, 2.24) is 4.98 Å². The van der Waals surface area contributed by atoms with Crippen LogP contribution in [0.15, 0.2) is 164 Å². The lowest BCUT2D eigenvalue weighted by molar-refractivity contribution is 0.483. The summed E-state index contributed by atoms with van der Waals surface area (Å²) in [4.78, 5) is 9.41. The third kappa shape index (κ3) is 4.25. The molecule has 1 aromatic heterocycles. The number of para-hydroxylation sites is 1. The normalized spacial score (nSPS) is 14.4. The van der Waals surface area contributed by atoms with E-state index in [2.05, 4.69) is 156 Å². The average Bonchev–Trinajstić information content (AvgIpc) is 3.69. The molecule has 0 radical (unpaired) electrons. The molecule has 206 valence electrons. The van der Waals surface area contributed by atoms with E-state index in [-0.39, 0.29) is 0 Å². The standard InChI is InChI=1S/C38H29N3OSi/c1-4-12-29(13-5-1)40-24-25-41(28-40)30-14-10-15-31(26-30)42-32-21-22-36-35(27-32)38-37(20-11-23-39-38)43(36,33-16-6-2-7-17-33)34-18-8-3-9-19-34/h1-27H,28H2. The van der Waals surface area contributed by atoms with Gasteiger partial charge in [-0.15, -0.1) is 0 Å². The molecule has 0 atom stereocenters. The summed E-state index contributed by atoms with van der Waals surface area (Å²) in [7, 11) is -2.54. The van der Waals surface area contributed by atoms with Crippen LogP contribution in [0.2, 0.25) is 0 Å². The van der Waals surface area contributed by atoms with Crippen molar-refractivity contribution in [2.75, 3.05) is 16.5 Å². The molecule has 43 heavy (non-hydrogen) atoms. The Kier molecular flexibility index (Phi) is 6.16. The fraction of sp³-hybridized carbons (Fsp3) is 0.0263. The topological polar surface area (TPSA) is 28.6 Å². The van der Waals surface area contributed by atoms with Crippen LogP contribution < -0.4 is 35.3 Å². The fourth-order valence-electron chi connectivity index (χ4n) is 6.58. The molecule has 2 aliphatic heterocycles. The molecular formula is C38H29N3OSi. The SMILES string of the molecule is C1=CN(c2cccc(Oc3ccc4c(c3)-c3ncccc3[Si]4(c3ccccc3)c3ccccc3)c2)CN1c1ccccc1. The Bertz CT molecular complexity index is 1900. The molecule has 4 nitrogen and oxygen atoms in total. The van der Waals surface area contributed by atoms with Crippen LogP contribution in [-0.4, -0.2) is 19.7 Å². The average molecular weight is 572 g/mol. The van der Waals surface area contributed by atoms with Gasteiger partial charge in [0.05, 0.1) is 12.4 Å². The third-order valence-corrected chi connectivity index (χ3v) is 13.3. The molecule has 2 aliphatic rings. The Morgan fingerprint density at radius 3 is 1.88 bits per heavy atom. The van der Waals surface area contributed by atoms with Crippen molar-refractivity contribution in [1.29, 1.82) is 0 Å². The number of rotatable bonds is 6. The van der Waals surface area contributed by atoms with E-state index in [1.807, 2.05) is 18.3 Å². The summed E-state index contributed by atoms with van der Waals surface area (Å²) in [6, 6.07) is 51.6. The second-order valence-electron chi connectivity index (χ2n) is 10.9. The van der Waals surface area contributed by atoms with Crippen molar-refractivity contribution < 1.29 is 4.74 Å². The van der Waals surface area contributed by atoms with E-state index in [4.69, 9.17) is 9.72 Å². The van der Waals surface area contributed by atoms with Gasteiger partial charge in [-0.2, -0.15) is 0 Å². The molecule has 0 spiro atoms. The summed E-state index contributed by atoms with van der Waals surface area (Å²) in [5, 5.41) is 5.39. The summed E-state index contributed by atoms with van der Waals surface area (Å²) < 4.78 is 6.53. The highest BCUT2D eigenvalue weighted by Gasteiger charge is 2.49. The molecule has 8 rings (SSSR count). The van der Waals surface area contributed by atoms with Crippen molar-refractivity contribution in [3.8, 4) is 22.8 Å². The summed E-state index contributed by atoms with van der Waals surface area (Å²) >= 11 is 0. The van der Waals surface area contributed by atoms with Gasteiger partial charge in [0.1, 0.15) is 11.5 Å². The quantitative estimate of drug-likeness (QED) is 0.230. The van der Waals surface area contributed by atoms with Crippen molar-refractivity contribution >= 4 is 40.2 Å². The first-order chi connectivity index (χ1) is 21.3. The molecule has 6 aromatic rings. The van der Waals surface area contributed by atoms with Crippen molar-refractivity contribution in [2.24, 2.45) is 0 Å². The van der Waals surface area contributed by atoms with Crippen LogP contribution in [0.25, 0.3) is 11.3 Å². The van der Waals surface area contributed by atoms with Crippen LogP contribution in [0.1, 0.15) is 0 Å². The molecule has 0 bridgehead atoms. The zero-order valence-corrected chi connectivity index (χ0v) is 24.5. The lowest BCUT2D eigenvalue weighted by atomic mass is 10.1. The van der Waals surface area contributed by atoms with Gasteiger partial charge in [0.25, 0.3) is 0 Å². The second kappa shape index (κ2) is 10.5. The number of anilines is 2. The Morgan fingerprint density at radius 2 is 1.16 bits per heavy atom. The van der Waals surface area contributed by atoms with E-state index in [1.165, 1.54) is 26.4 Å². The van der Waals surface area contributed by atoms with E-state index in [0.29, 0.717) is 0 Å². The smallest absolute Gasteiger partial charge is 0.182 e. The number of pyridine rings is 1. The van der Waals surface area contributed by atoms with Gasteiger partial charge in [0, 0.05) is 41.6 Å². The van der Waals surface area contributed by atoms with Gasteiger partial charge in [-0.3, -0.25) is 4.98 Å². The molecule has 0 saturated heterocycles. The van der Waals surface area contributed by atoms with Gasteiger partial charge in [-0.1, -0.05) is 97.1 Å². The molecule has 3 heterocycles. The highest BCUT2D eigenvalue weighted by molar-refractivity contribution is 7.22. The van der Waals surface area contributed by atoms with Gasteiger partial charge in [0.2, 0.25) is 0 Å². The molecule has 0 amide bonds. The minimum Gasteiger partial charge on any atom is -0.457 e. The highest BCUT2D eigenvalue weighted by atomic mass is 28.3. The van der Waals surface area contributed by atoms with Gasteiger partial charge in [-0.05, 0) is 63.2 Å². The summed E-state index contributed by atoms with van der Waals surface area (Å²) in [5.41, 5.74) is 4.47. The van der Waals surface area contributed by atoms with E-state index in [0.717, 1.165) is 35.1 Å². The van der Waals surface area contributed by atoms with Crippen molar-refractivity contribution in [2.45, 2.75) is 0 Å². The second-order valence-corrected chi connectivity index (χ2v) is 14.6. The number of benzene rings is 5. The number of nitrogens with zero attached hydrogens (tertiary/aromatic N) is 3. The Hall–Kier alpha value is -5.39. The Balaban J connectivity index is 1.16. The summed E-state index contributed by atoms with van der Waals surface area (Å²) in [6.45, 7) is 0.750. The third-order valence-electron chi connectivity index (χ3n) is 8.48. The monoisotopic (exact) mass is 571 g/mol. The number of aromatic nitrogens is 1. The van der Waals surface area contributed by atoms with Gasteiger partial charge >= 0.3 is 0 Å². The number of fused-ring (bicyclic) bond motifs is 3. The van der Waals surface area contributed by atoms with Gasteiger partial charge in [-0.25, -0.2) is 0 Å². The van der Waals surface area contributed by atoms with Crippen LogP contribution in [0, 0.1) is 0 Å². The molecule has 0 fully saturated rings. The molecule has 5 heteroatoms. The highest BCUT2D eigenvalue weighted by Crippen LogP contribution is 2.33. The summed E-state index contributed by atoms with van der Waals surface area (Å²) in [6.07, 6.45) is 6.13. The van der Waals surface area contributed by atoms with Crippen LogP contribution in [-0.2, 0) is 0 Å². The maximum atomic E-state index is 6.53. The molecule has 0 aliphatic carbocycles. The van der Waals surface area contributed by atoms with Crippen LogP contribution in [0.5, 0.6) is 11.5 Å². The van der Waals surface area contributed by atoms with Crippen molar-refractivity contribution in [3.05, 3.63) is 164 Å². The van der Waals surface area contributed by atoms with E-state index in [9.17, 15) is 0 Å². The van der Waals surface area contributed by atoms with E-state index >= 15 is 0 Å². The maximum Gasteiger partial charge on any atom is 0.182 e. The summed E-state index contributed by atoms with van der Waals surface area (Å²) in [5.74, 6) is 1.61. The minimum absolute atomic E-state index is 0.750. The largest absolute Gasteiger partial charge is 0.457 e. The molecule has 0 N–H and O–H groups in total. The lowest BCUT2D eigenvalue weighted by Crippen LogP contribution is -2.72. The van der Waals surface area contributed by atoms with Gasteiger partial charge < -0.3 is 14.5 Å². The lowest BCUT2D eigenvalue weighted by Gasteiger charge is -2.31. The first kappa shape index (κ1) is 25.3. The van der Waals surface area contributed by atoms with Gasteiger partial charge in [0.15, 0.2) is 8.07 Å². The Labute approximate surface area is 252 Å². The number of hydrogen-bond acceptors (Lipinski definition) is 4. The molecule has 0 saturated carbocycles. The fourth-order valence-corrected chi connectivity index (χ4v) is 11.7. The van der Waals surface area contributed by atoms with Crippen LogP contribution >= 0.6 is 0 Å². The molecular weight excluding hydrogens is 543 g/mol. The van der Waals surface area contributed by atoms with Crippen LogP contribution in [0.4, 0.5) is 11.4 Å². The van der Waals surface area contributed by atoms with E-state index in [1.54, 1.807) is 0 Å². The van der Waals surface area contributed by atoms with Crippen LogP contribution in [0.3, 0.4) is 0 Å². The molecule has 0 unspecified atom stereocenters. The zero-order chi connectivity index (χ0) is 28.6. The number of hydrogen-bond donors (Lipinski definition) is 0. The zero-order valence-electron chi connectivity index (χ0n) is 23.5. The predicted molar refractivity (Wildman–Crippen MR) is 179 cm³/mol. The van der Waals surface area contributed by atoms with Crippen molar-refractivity contribution in [3.63, 3.8) is 0 Å². The van der Waals surface area contributed by atoms with E-state index < -0.39 is 8.07 Å².